The Hall–Kier alpha value is -1.95. The Kier molecular flexibility index (Phi) is 3.69. The molecule has 0 aliphatic carbocycles. The summed E-state index contributed by atoms with van der Waals surface area (Å²) in [5, 5.41) is 15.3. The van der Waals surface area contributed by atoms with Crippen molar-refractivity contribution in [3.63, 3.8) is 0 Å². The molecule has 1 aliphatic rings. The molecule has 1 N–H and O–H groups in total. The van der Waals surface area contributed by atoms with Crippen LogP contribution in [-0.4, -0.2) is 33.3 Å². The number of para-hydroxylation sites is 1. The minimum atomic E-state index is 0.380. The van der Waals surface area contributed by atoms with E-state index in [0.29, 0.717) is 12.6 Å². The van der Waals surface area contributed by atoms with Crippen molar-refractivity contribution in [1.29, 1.82) is 0 Å². The number of nitrogens with one attached hydrogen (secondary N) is 1. The van der Waals surface area contributed by atoms with Crippen molar-refractivity contribution in [2.45, 2.75) is 25.5 Å². The van der Waals surface area contributed by atoms with E-state index in [-0.39, 0.29) is 0 Å². The van der Waals surface area contributed by atoms with Crippen LogP contribution < -0.4 is 10.1 Å². The number of nitrogens with zero attached hydrogens (tertiary/aromatic N) is 4. The minimum absolute atomic E-state index is 0.380. The Bertz CT molecular complexity index is 507. The van der Waals surface area contributed by atoms with Crippen LogP contribution in [0.25, 0.3) is 0 Å². The van der Waals surface area contributed by atoms with Gasteiger partial charge in [-0.1, -0.05) is 18.2 Å². The van der Waals surface area contributed by atoms with Crippen LogP contribution >= 0.6 is 0 Å². The van der Waals surface area contributed by atoms with Gasteiger partial charge in [0.05, 0.1) is 6.04 Å². The number of rotatable bonds is 4. The second kappa shape index (κ2) is 5.79. The summed E-state index contributed by atoms with van der Waals surface area (Å²) in [7, 11) is 0. The van der Waals surface area contributed by atoms with Gasteiger partial charge in [0.1, 0.15) is 12.4 Å². The molecule has 1 saturated heterocycles. The molecular weight excluding hydrogens is 242 g/mol. The van der Waals surface area contributed by atoms with E-state index < -0.39 is 0 Å². The first kappa shape index (κ1) is 12.1. The van der Waals surface area contributed by atoms with E-state index >= 15 is 0 Å². The van der Waals surface area contributed by atoms with Gasteiger partial charge in [-0.2, -0.15) is 0 Å². The molecule has 100 valence electrons. The predicted molar refractivity (Wildman–Crippen MR) is 69.7 cm³/mol. The number of hydrogen-bond acceptors (Lipinski definition) is 5. The second-order valence-electron chi connectivity index (χ2n) is 4.62. The summed E-state index contributed by atoms with van der Waals surface area (Å²) in [6, 6.07) is 10.1. The van der Waals surface area contributed by atoms with Crippen molar-refractivity contribution in [2.24, 2.45) is 0 Å². The van der Waals surface area contributed by atoms with Crippen molar-refractivity contribution in [2.75, 3.05) is 13.1 Å². The molecule has 6 nitrogen and oxygen atoms in total. The summed E-state index contributed by atoms with van der Waals surface area (Å²) in [6.07, 6.45) is 2.12. The van der Waals surface area contributed by atoms with Gasteiger partial charge in [0.15, 0.2) is 5.82 Å². The van der Waals surface area contributed by atoms with Crippen LogP contribution in [0.1, 0.15) is 24.7 Å². The first-order valence-corrected chi connectivity index (χ1v) is 6.59. The van der Waals surface area contributed by atoms with Crippen LogP contribution in [-0.2, 0) is 6.61 Å². The molecule has 3 rings (SSSR count). The molecule has 0 unspecified atom stereocenters. The van der Waals surface area contributed by atoms with Gasteiger partial charge in [-0.3, -0.25) is 0 Å². The third-order valence-electron chi connectivity index (χ3n) is 3.33. The van der Waals surface area contributed by atoms with Crippen LogP contribution in [0.4, 0.5) is 0 Å². The van der Waals surface area contributed by atoms with Crippen molar-refractivity contribution >= 4 is 0 Å². The van der Waals surface area contributed by atoms with Crippen molar-refractivity contribution < 1.29 is 4.74 Å². The fraction of sp³-hybridized carbons (Fsp3) is 0.462. The van der Waals surface area contributed by atoms with Crippen molar-refractivity contribution in [3.05, 3.63) is 36.2 Å². The lowest BCUT2D eigenvalue weighted by molar-refractivity contribution is 0.264. The van der Waals surface area contributed by atoms with E-state index in [1.807, 2.05) is 35.0 Å². The van der Waals surface area contributed by atoms with Gasteiger partial charge in [0.2, 0.25) is 0 Å². The third kappa shape index (κ3) is 2.90. The highest BCUT2D eigenvalue weighted by Crippen LogP contribution is 2.19. The fourth-order valence-corrected chi connectivity index (χ4v) is 2.31. The first-order chi connectivity index (χ1) is 9.43. The quantitative estimate of drug-likeness (QED) is 0.893. The maximum atomic E-state index is 5.70. The molecule has 0 atom stereocenters. The van der Waals surface area contributed by atoms with Gasteiger partial charge in [0, 0.05) is 0 Å². The Morgan fingerprint density at radius 2 is 2.00 bits per heavy atom. The van der Waals surface area contributed by atoms with E-state index in [9.17, 15) is 0 Å². The molecule has 0 radical (unpaired) electrons. The largest absolute Gasteiger partial charge is 0.486 e. The Balaban J connectivity index is 1.66. The summed E-state index contributed by atoms with van der Waals surface area (Å²) < 4.78 is 7.61. The monoisotopic (exact) mass is 259 g/mol. The van der Waals surface area contributed by atoms with Crippen molar-refractivity contribution in [1.82, 2.24) is 25.5 Å². The molecule has 19 heavy (non-hydrogen) atoms. The van der Waals surface area contributed by atoms with Gasteiger partial charge < -0.3 is 10.1 Å². The minimum Gasteiger partial charge on any atom is -0.486 e. The van der Waals surface area contributed by atoms with Gasteiger partial charge in [-0.25, -0.2) is 4.68 Å². The van der Waals surface area contributed by atoms with Crippen LogP contribution in [0.3, 0.4) is 0 Å². The molecule has 1 aromatic carbocycles. The number of tetrazole rings is 1. The van der Waals surface area contributed by atoms with E-state index in [4.69, 9.17) is 4.74 Å². The van der Waals surface area contributed by atoms with E-state index in [0.717, 1.165) is 37.5 Å². The molecule has 2 aromatic rings. The molecular formula is C13H17N5O. The zero-order chi connectivity index (χ0) is 12.9. The number of piperidine rings is 1. The van der Waals surface area contributed by atoms with Crippen molar-refractivity contribution in [3.8, 4) is 5.75 Å². The molecule has 2 heterocycles. The number of aromatic nitrogens is 4. The van der Waals surface area contributed by atoms with Gasteiger partial charge >= 0.3 is 0 Å². The molecule has 1 aromatic heterocycles. The SMILES string of the molecule is c1ccc(OCc2nnnn2C2CCNCC2)cc1. The highest BCUT2D eigenvalue weighted by atomic mass is 16.5. The molecule has 0 saturated carbocycles. The van der Waals surface area contributed by atoms with Crippen LogP contribution in [0.2, 0.25) is 0 Å². The number of hydrogen-bond donors (Lipinski definition) is 1. The van der Waals surface area contributed by atoms with E-state index in [1.54, 1.807) is 0 Å². The zero-order valence-electron chi connectivity index (χ0n) is 10.7. The summed E-state index contributed by atoms with van der Waals surface area (Å²) in [4.78, 5) is 0. The fourth-order valence-electron chi connectivity index (χ4n) is 2.31. The highest BCUT2D eigenvalue weighted by molar-refractivity contribution is 5.20. The summed E-state index contributed by atoms with van der Waals surface area (Å²) >= 11 is 0. The van der Waals surface area contributed by atoms with Crippen LogP contribution in [0.15, 0.2) is 30.3 Å². The maximum Gasteiger partial charge on any atom is 0.189 e. The lowest BCUT2D eigenvalue weighted by atomic mass is 10.1. The topological polar surface area (TPSA) is 64.9 Å². The Morgan fingerprint density at radius 3 is 2.79 bits per heavy atom. The maximum absolute atomic E-state index is 5.70. The number of benzene rings is 1. The van der Waals surface area contributed by atoms with E-state index in [1.165, 1.54) is 0 Å². The summed E-state index contributed by atoms with van der Waals surface area (Å²) in [5.74, 6) is 1.62. The van der Waals surface area contributed by atoms with E-state index in [2.05, 4.69) is 20.8 Å². The predicted octanol–water partition coefficient (Wildman–Crippen LogP) is 1.18. The second-order valence-corrected chi connectivity index (χ2v) is 4.62. The normalized spacial score (nSPS) is 16.4. The average molecular weight is 259 g/mol. The molecule has 6 heteroatoms. The third-order valence-corrected chi connectivity index (χ3v) is 3.33. The molecule has 0 amide bonds. The van der Waals surface area contributed by atoms with Gasteiger partial charge in [-0.05, 0) is 48.5 Å². The molecule has 1 aliphatic heterocycles. The lowest BCUT2D eigenvalue weighted by Crippen LogP contribution is -2.30. The standard InChI is InChI=1S/C13H17N5O/c1-2-4-12(5-3-1)19-10-13-15-16-17-18(13)11-6-8-14-9-7-11/h1-5,11,14H,6-10H2. The lowest BCUT2D eigenvalue weighted by Gasteiger charge is -2.23. The van der Waals surface area contributed by atoms with Crippen LogP contribution in [0, 0.1) is 0 Å². The first-order valence-electron chi connectivity index (χ1n) is 6.59. The smallest absolute Gasteiger partial charge is 0.189 e. The summed E-state index contributed by atoms with van der Waals surface area (Å²) in [5.41, 5.74) is 0. The average Bonchev–Trinajstić information content (AvgIpc) is 2.95. The molecule has 1 fully saturated rings. The Labute approximate surface area is 111 Å². The molecule has 0 spiro atoms. The number of ether oxygens (including phenoxy) is 1. The summed E-state index contributed by atoms with van der Waals surface area (Å²) in [6.45, 7) is 2.44. The molecule has 0 bridgehead atoms. The van der Waals surface area contributed by atoms with Gasteiger partial charge in [0.25, 0.3) is 0 Å². The van der Waals surface area contributed by atoms with Crippen LogP contribution in [0.5, 0.6) is 5.75 Å². The van der Waals surface area contributed by atoms with Gasteiger partial charge in [-0.15, -0.1) is 5.10 Å². The Morgan fingerprint density at radius 1 is 1.21 bits per heavy atom. The highest BCUT2D eigenvalue weighted by Gasteiger charge is 2.19. The zero-order valence-corrected chi connectivity index (χ0v) is 10.7.